The Morgan fingerprint density at radius 1 is 1.15 bits per heavy atom. The van der Waals surface area contributed by atoms with Crippen molar-refractivity contribution in [3.8, 4) is 5.75 Å². The van der Waals surface area contributed by atoms with Crippen LogP contribution in [0.2, 0.25) is 0 Å². The number of hydrogen-bond acceptors (Lipinski definition) is 5. The molecule has 1 heterocycles. The fourth-order valence-corrected chi connectivity index (χ4v) is 3.67. The first-order valence-corrected chi connectivity index (χ1v) is 11.5. The predicted octanol–water partition coefficient (Wildman–Crippen LogP) is 3.37. The average Bonchev–Trinajstić information content (AvgIpc) is 2.83. The molecule has 176 valence electrons. The van der Waals surface area contributed by atoms with Crippen LogP contribution in [0.3, 0.4) is 0 Å². The highest BCUT2D eigenvalue weighted by molar-refractivity contribution is 5.99. The Labute approximate surface area is 195 Å². The molecule has 0 bridgehead atoms. The van der Waals surface area contributed by atoms with Crippen molar-refractivity contribution in [3.05, 3.63) is 65.7 Å². The van der Waals surface area contributed by atoms with Crippen molar-refractivity contribution in [2.24, 2.45) is 0 Å². The van der Waals surface area contributed by atoms with Crippen LogP contribution in [0.25, 0.3) is 0 Å². The minimum absolute atomic E-state index is 0.0283. The van der Waals surface area contributed by atoms with Crippen molar-refractivity contribution in [3.63, 3.8) is 0 Å². The molecule has 0 spiro atoms. The van der Waals surface area contributed by atoms with Gasteiger partial charge in [-0.05, 0) is 49.9 Å². The van der Waals surface area contributed by atoms with Crippen LogP contribution in [-0.2, 0) is 20.7 Å². The van der Waals surface area contributed by atoms with E-state index in [0.717, 1.165) is 12.8 Å². The van der Waals surface area contributed by atoms with E-state index in [1.54, 1.807) is 24.3 Å². The topological polar surface area (TPSA) is 84.9 Å². The van der Waals surface area contributed by atoms with Gasteiger partial charge in [-0.2, -0.15) is 0 Å². The Morgan fingerprint density at radius 3 is 2.70 bits per heavy atom. The van der Waals surface area contributed by atoms with Gasteiger partial charge in [0.2, 0.25) is 5.91 Å². The van der Waals surface area contributed by atoms with Gasteiger partial charge < -0.3 is 19.7 Å². The average molecular weight is 453 g/mol. The summed E-state index contributed by atoms with van der Waals surface area (Å²) in [5.41, 5.74) is 1.60. The molecule has 2 unspecified atom stereocenters. The second kappa shape index (κ2) is 12.0. The maximum absolute atomic E-state index is 13.2. The summed E-state index contributed by atoms with van der Waals surface area (Å²) in [6, 6.07) is 16.0. The van der Waals surface area contributed by atoms with Crippen LogP contribution in [-0.4, -0.2) is 54.5 Å². The van der Waals surface area contributed by atoms with Crippen molar-refractivity contribution in [1.82, 2.24) is 10.2 Å². The molecule has 1 aliphatic rings. The number of piperazine rings is 1. The molecular weight excluding hydrogens is 420 g/mol. The van der Waals surface area contributed by atoms with Crippen LogP contribution in [0.4, 0.5) is 0 Å². The summed E-state index contributed by atoms with van der Waals surface area (Å²) in [4.78, 5) is 39.6. The molecule has 3 rings (SSSR count). The third-order valence-electron chi connectivity index (χ3n) is 5.66. The zero-order chi connectivity index (χ0) is 23.6. The van der Waals surface area contributed by atoms with Crippen molar-refractivity contribution in [1.29, 1.82) is 0 Å². The lowest BCUT2D eigenvalue weighted by Gasteiger charge is -2.34. The number of esters is 1. The highest BCUT2D eigenvalue weighted by Crippen LogP contribution is 2.20. The molecule has 2 amide bonds. The van der Waals surface area contributed by atoms with Gasteiger partial charge in [0, 0.05) is 18.7 Å². The minimum Gasteiger partial charge on any atom is -0.491 e. The Morgan fingerprint density at radius 2 is 1.94 bits per heavy atom. The summed E-state index contributed by atoms with van der Waals surface area (Å²) >= 11 is 0. The SMILES string of the molecule is CCC(C)Oc1cccc(C(=O)N2CCNC(=O)C2CC(=O)OCCCc2ccccc2)c1. The Kier molecular flexibility index (Phi) is 8.87. The number of amides is 2. The monoisotopic (exact) mass is 452 g/mol. The number of hydrogen-bond donors (Lipinski definition) is 1. The number of carbonyl (C=O) groups excluding carboxylic acids is 3. The lowest BCUT2D eigenvalue weighted by molar-refractivity contribution is -0.147. The fourth-order valence-electron chi connectivity index (χ4n) is 3.67. The largest absolute Gasteiger partial charge is 0.491 e. The third-order valence-corrected chi connectivity index (χ3v) is 5.66. The molecule has 7 nitrogen and oxygen atoms in total. The molecule has 0 aliphatic carbocycles. The van der Waals surface area contributed by atoms with Gasteiger partial charge in [-0.3, -0.25) is 14.4 Å². The van der Waals surface area contributed by atoms with Gasteiger partial charge in [-0.1, -0.05) is 43.3 Å². The quantitative estimate of drug-likeness (QED) is 0.441. The first-order chi connectivity index (χ1) is 16.0. The van der Waals surface area contributed by atoms with Crippen LogP contribution >= 0.6 is 0 Å². The van der Waals surface area contributed by atoms with Crippen LogP contribution in [0, 0.1) is 0 Å². The predicted molar refractivity (Wildman–Crippen MR) is 125 cm³/mol. The van der Waals surface area contributed by atoms with E-state index >= 15 is 0 Å². The lowest BCUT2D eigenvalue weighted by atomic mass is 10.1. The van der Waals surface area contributed by atoms with Gasteiger partial charge >= 0.3 is 5.97 Å². The molecule has 1 saturated heterocycles. The highest BCUT2D eigenvalue weighted by atomic mass is 16.5. The second-order valence-electron chi connectivity index (χ2n) is 8.18. The van der Waals surface area contributed by atoms with Crippen LogP contribution < -0.4 is 10.1 Å². The van der Waals surface area contributed by atoms with E-state index in [-0.39, 0.29) is 30.9 Å². The molecule has 1 N–H and O–H groups in total. The van der Waals surface area contributed by atoms with E-state index in [1.165, 1.54) is 10.5 Å². The molecule has 7 heteroatoms. The second-order valence-corrected chi connectivity index (χ2v) is 8.18. The van der Waals surface area contributed by atoms with Crippen molar-refractivity contribution in [2.45, 2.75) is 51.7 Å². The van der Waals surface area contributed by atoms with Gasteiger partial charge in [0.05, 0.1) is 19.1 Å². The summed E-state index contributed by atoms with van der Waals surface area (Å²) in [5.74, 6) is -0.535. The molecule has 33 heavy (non-hydrogen) atoms. The first kappa shape index (κ1) is 24.3. The standard InChI is InChI=1S/C26H32N2O5/c1-3-19(2)33-22-13-7-12-21(17-22)26(31)28-15-14-27-25(30)23(28)18-24(29)32-16-8-11-20-9-5-4-6-10-20/h4-7,9-10,12-13,17,19,23H,3,8,11,14-16,18H2,1-2H3,(H,27,30). The van der Waals surface area contributed by atoms with E-state index in [2.05, 4.69) is 5.32 Å². The minimum atomic E-state index is -0.896. The molecule has 1 fully saturated rings. The summed E-state index contributed by atoms with van der Waals surface area (Å²) in [6.07, 6.45) is 2.20. The third kappa shape index (κ3) is 7.07. The maximum atomic E-state index is 13.2. The molecule has 2 aromatic carbocycles. The van der Waals surface area contributed by atoms with Crippen molar-refractivity contribution < 1.29 is 23.9 Å². The fraction of sp³-hybridized carbons (Fsp3) is 0.423. The van der Waals surface area contributed by atoms with E-state index in [9.17, 15) is 14.4 Å². The van der Waals surface area contributed by atoms with E-state index < -0.39 is 12.0 Å². The van der Waals surface area contributed by atoms with Crippen molar-refractivity contribution in [2.75, 3.05) is 19.7 Å². The number of nitrogens with one attached hydrogen (secondary N) is 1. The lowest BCUT2D eigenvalue weighted by Crippen LogP contribution is -2.57. The van der Waals surface area contributed by atoms with Crippen LogP contribution in [0.15, 0.2) is 54.6 Å². The molecule has 0 aromatic heterocycles. The highest BCUT2D eigenvalue weighted by Gasteiger charge is 2.35. The number of carbonyl (C=O) groups is 3. The van der Waals surface area contributed by atoms with Gasteiger partial charge in [0.15, 0.2) is 0 Å². The Bertz CT molecular complexity index is 947. The number of benzene rings is 2. The summed E-state index contributed by atoms with van der Waals surface area (Å²) in [6.45, 7) is 4.93. The number of aryl methyl sites for hydroxylation is 1. The molecule has 1 aliphatic heterocycles. The number of ether oxygens (including phenoxy) is 2. The molecular formula is C26H32N2O5. The van der Waals surface area contributed by atoms with E-state index in [1.807, 2.05) is 44.2 Å². The van der Waals surface area contributed by atoms with Crippen LogP contribution in [0.5, 0.6) is 5.75 Å². The molecule has 0 radical (unpaired) electrons. The van der Waals surface area contributed by atoms with Gasteiger partial charge in [-0.15, -0.1) is 0 Å². The normalized spacial score (nSPS) is 16.6. The zero-order valence-electron chi connectivity index (χ0n) is 19.3. The summed E-state index contributed by atoms with van der Waals surface area (Å²) in [5, 5.41) is 2.74. The Balaban J connectivity index is 1.58. The summed E-state index contributed by atoms with van der Waals surface area (Å²) < 4.78 is 11.2. The van der Waals surface area contributed by atoms with E-state index in [0.29, 0.717) is 30.8 Å². The molecule has 2 atom stereocenters. The van der Waals surface area contributed by atoms with Gasteiger partial charge in [0.25, 0.3) is 5.91 Å². The number of rotatable bonds is 10. The first-order valence-electron chi connectivity index (χ1n) is 11.5. The van der Waals surface area contributed by atoms with Crippen LogP contribution in [0.1, 0.15) is 49.0 Å². The smallest absolute Gasteiger partial charge is 0.308 e. The maximum Gasteiger partial charge on any atom is 0.308 e. The van der Waals surface area contributed by atoms with E-state index in [4.69, 9.17) is 9.47 Å². The Hall–Kier alpha value is -3.35. The molecule has 2 aromatic rings. The van der Waals surface area contributed by atoms with Gasteiger partial charge in [0.1, 0.15) is 11.8 Å². The zero-order valence-corrected chi connectivity index (χ0v) is 19.3. The van der Waals surface area contributed by atoms with Gasteiger partial charge in [-0.25, -0.2) is 0 Å². The molecule has 0 saturated carbocycles. The summed E-state index contributed by atoms with van der Waals surface area (Å²) in [7, 11) is 0. The van der Waals surface area contributed by atoms with Crippen molar-refractivity contribution >= 4 is 17.8 Å². The number of nitrogens with zero attached hydrogens (tertiary/aromatic N) is 1.